The lowest BCUT2D eigenvalue weighted by molar-refractivity contribution is 0.366. The van der Waals surface area contributed by atoms with Crippen molar-refractivity contribution in [3.8, 4) is 0 Å². The van der Waals surface area contributed by atoms with Crippen LogP contribution in [-0.4, -0.2) is 25.2 Å². The number of nitrogens with zero attached hydrogens (tertiary/aromatic N) is 1. The summed E-state index contributed by atoms with van der Waals surface area (Å²) in [6.07, 6.45) is 1.84. The van der Waals surface area contributed by atoms with Crippen molar-refractivity contribution in [2.75, 3.05) is 24.5 Å². The summed E-state index contributed by atoms with van der Waals surface area (Å²) in [5.74, 6) is -1.23. The van der Waals surface area contributed by atoms with Crippen LogP contribution in [0, 0.1) is 11.6 Å². The third-order valence-electron chi connectivity index (χ3n) is 3.77. The van der Waals surface area contributed by atoms with Crippen molar-refractivity contribution in [3.63, 3.8) is 0 Å². The summed E-state index contributed by atoms with van der Waals surface area (Å²) in [5.41, 5.74) is 0.229. The van der Waals surface area contributed by atoms with Gasteiger partial charge in [-0.2, -0.15) is 0 Å². The van der Waals surface area contributed by atoms with Gasteiger partial charge in [-0.1, -0.05) is 18.5 Å². The molecule has 2 nitrogen and oxygen atoms in total. The molecule has 0 saturated carbocycles. The van der Waals surface area contributed by atoms with E-state index in [4.69, 9.17) is 11.6 Å². The number of hydrogen-bond donors (Lipinski definition) is 1. The Morgan fingerprint density at radius 2 is 2.16 bits per heavy atom. The normalized spacial score (nSPS) is 24.4. The van der Waals surface area contributed by atoms with Crippen LogP contribution in [0.3, 0.4) is 0 Å². The van der Waals surface area contributed by atoms with Gasteiger partial charge in [0.2, 0.25) is 0 Å². The van der Waals surface area contributed by atoms with Crippen LogP contribution >= 0.6 is 11.6 Å². The van der Waals surface area contributed by atoms with E-state index < -0.39 is 11.6 Å². The maximum atomic E-state index is 14.0. The highest BCUT2D eigenvalue weighted by molar-refractivity contribution is 6.33. The third kappa shape index (κ3) is 3.18. The van der Waals surface area contributed by atoms with Crippen molar-refractivity contribution in [2.24, 2.45) is 0 Å². The first-order valence-corrected chi connectivity index (χ1v) is 6.97. The number of benzene rings is 1. The molecule has 106 valence electrons. The molecule has 1 aliphatic rings. The first kappa shape index (κ1) is 14.5. The second kappa shape index (κ2) is 5.63. The maximum absolute atomic E-state index is 14.0. The Bertz CT molecular complexity index is 444. The summed E-state index contributed by atoms with van der Waals surface area (Å²) in [6, 6.07) is 2.06. The zero-order valence-corrected chi connectivity index (χ0v) is 12.0. The molecular weight excluding hydrogens is 270 g/mol. The van der Waals surface area contributed by atoms with Crippen LogP contribution in [0.5, 0.6) is 0 Å². The molecule has 1 saturated heterocycles. The molecule has 0 radical (unpaired) electrons. The second-order valence-electron chi connectivity index (χ2n) is 5.33. The van der Waals surface area contributed by atoms with Gasteiger partial charge < -0.3 is 10.2 Å². The van der Waals surface area contributed by atoms with E-state index in [1.165, 1.54) is 6.07 Å². The molecule has 1 heterocycles. The van der Waals surface area contributed by atoms with Gasteiger partial charge in [0.05, 0.1) is 10.7 Å². The predicted molar refractivity (Wildman–Crippen MR) is 74.9 cm³/mol. The largest absolute Gasteiger partial charge is 0.366 e. The lowest BCUT2D eigenvalue weighted by Crippen LogP contribution is -2.48. The fourth-order valence-electron chi connectivity index (χ4n) is 2.48. The van der Waals surface area contributed by atoms with E-state index in [0.29, 0.717) is 18.8 Å². The fraction of sp³-hybridized carbons (Fsp3) is 0.571. The highest BCUT2D eigenvalue weighted by Crippen LogP contribution is 2.32. The molecule has 1 unspecified atom stereocenters. The molecule has 1 aromatic rings. The molecular formula is C14H19ClF2N2. The number of anilines is 1. The van der Waals surface area contributed by atoms with E-state index in [9.17, 15) is 8.78 Å². The Balaban J connectivity index is 2.35. The minimum absolute atomic E-state index is 0.0827. The average molecular weight is 289 g/mol. The molecule has 5 heteroatoms. The molecule has 0 amide bonds. The molecule has 1 fully saturated rings. The zero-order chi connectivity index (χ0) is 14.0. The van der Waals surface area contributed by atoms with Gasteiger partial charge in [-0.3, -0.25) is 0 Å². The van der Waals surface area contributed by atoms with Gasteiger partial charge in [0, 0.05) is 24.7 Å². The minimum Gasteiger partial charge on any atom is -0.366 e. The number of hydrogen-bond acceptors (Lipinski definition) is 2. The number of nitrogens with one attached hydrogen (secondary N) is 1. The summed E-state index contributed by atoms with van der Waals surface area (Å²) in [6.45, 7) is 6.47. The maximum Gasteiger partial charge on any atom is 0.150 e. The van der Waals surface area contributed by atoms with Gasteiger partial charge >= 0.3 is 0 Å². The lowest BCUT2D eigenvalue weighted by atomic mass is 9.98. The molecule has 1 N–H and O–H groups in total. The lowest BCUT2D eigenvalue weighted by Gasteiger charge is -2.34. The van der Waals surface area contributed by atoms with Crippen molar-refractivity contribution < 1.29 is 8.78 Å². The fourth-order valence-corrected chi connectivity index (χ4v) is 2.79. The summed E-state index contributed by atoms with van der Waals surface area (Å²) in [4.78, 5) is 1.92. The van der Waals surface area contributed by atoms with Crippen molar-refractivity contribution in [1.82, 2.24) is 5.32 Å². The van der Waals surface area contributed by atoms with Crippen LogP contribution in [-0.2, 0) is 0 Å². The molecule has 0 bridgehead atoms. The molecule has 0 aliphatic carbocycles. The van der Waals surface area contributed by atoms with Gasteiger partial charge in [-0.25, -0.2) is 8.78 Å². The Kier molecular flexibility index (Phi) is 4.31. The van der Waals surface area contributed by atoms with Crippen LogP contribution in [0.15, 0.2) is 12.1 Å². The third-order valence-corrected chi connectivity index (χ3v) is 4.06. The van der Waals surface area contributed by atoms with Crippen LogP contribution in [0.4, 0.5) is 14.5 Å². The van der Waals surface area contributed by atoms with E-state index in [0.717, 1.165) is 25.5 Å². The standard InChI is InChI=1S/C14H19ClF2N2/c1-3-14(2)9-19(6-4-5-18-14)13-11(15)7-10(16)8-12(13)17/h7-8,18H,3-6,9H2,1-2H3. The predicted octanol–water partition coefficient (Wildman–Crippen LogP) is 3.59. The first-order valence-electron chi connectivity index (χ1n) is 6.60. The summed E-state index contributed by atoms with van der Waals surface area (Å²) >= 11 is 6.02. The SMILES string of the molecule is CCC1(C)CN(c2c(F)cc(F)cc2Cl)CCCN1. The van der Waals surface area contributed by atoms with Gasteiger partial charge in [-0.15, -0.1) is 0 Å². The van der Waals surface area contributed by atoms with Crippen molar-refractivity contribution in [3.05, 3.63) is 28.8 Å². The van der Waals surface area contributed by atoms with Crippen LogP contribution in [0.1, 0.15) is 26.7 Å². The molecule has 0 spiro atoms. The topological polar surface area (TPSA) is 15.3 Å². The average Bonchev–Trinajstić information content (AvgIpc) is 2.51. The van der Waals surface area contributed by atoms with E-state index >= 15 is 0 Å². The summed E-state index contributed by atoms with van der Waals surface area (Å²) in [5, 5.41) is 3.61. The van der Waals surface area contributed by atoms with Gasteiger partial charge in [0.25, 0.3) is 0 Å². The Morgan fingerprint density at radius 1 is 1.42 bits per heavy atom. The van der Waals surface area contributed by atoms with Crippen molar-refractivity contribution in [1.29, 1.82) is 0 Å². The number of halogens is 3. The molecule has 0 aromatic heterocycles. The molecule has 19 heavy (non-hydrogen) atoms. The quantitative estimate of drug-likeness (QED) is 0.895. The zero-order valence-electron chi connectivity index (χ0n) is 11.3. The Hall–Kier alpha value is -0.870. The van der Waals surface area contributed by atoms with E-state index in [1.807, 2.05) is 4.90 Å². The van der Waals surface area contributed by atoms with Gasteiger partial charge in [0.15, 0.2) is 5.82 Å². The Morgan fingerprint density at radius 3 is 2.79 bits per heavy atom. The number of rotatable bonds is 2. The van der Waals surface area contributed by atoms with Crippen LogP contribution < -0.4 is 10.2 Å². The minimum atomic E-state index is -0.641. The first-order chi connectivity index (χ1) is 8.95. The van der Waals surface area contributed by atoms with Crippen LogP contribution in [0.2, 0.25) is 5.02 Å². The van der Waals surface area contributed by atoms with Crippen molar-refractivity contribution >= 4 is 17.3 Å². The van der Waals surface area contributed by atoms with Crippen molar-refractivity contribution in [2.45, 2.75) is 32.2 Å². The smallest absolute Gasteiger partial charge is 0.150 e. The highest BCUT2D eigenvalue weighted by atomic mass is 35.5. The molecule has 2 rings (SSSR count). The molecule has 1 atom stereocenters. The van der Waals surface area contributed by atoms with E-state index in [-0.39, 0.29) is 10.6 Å². The summed E-state index contributed by atoms with van der Waals surface area (Å²) in [7, 11) is 0. The molecule has 1 aromatic carbocycles. The second-order valence-corrected chi connectivity index (χ2v) is 5.74. The highest BCUT2D eigenvalue weighted by Gasteiger charge is 2.29. The monoisotopic (exact) mass is 288 g/mol. The Labute approximate surface area is 117 Å². The van der Waals surface area contributed by atoms with Gasteiger partial charge in [-0.05, 0) is 32.4 Å². The van der Waals surface area contributed by atoms with Crippen LogP contribution in [0.25, 0.3) is 0 Å². The summed E-state index contributed by atoms with van der Waals surface area (Å²) < 4.78 is 27.1. The molecule has 1 aliphatic heterocycles. The van der Waals surface area contributed by atoms with E-state index in [2.05, 4.69) is 19.2 Å². The van der Waals surface area contributed by atoms with E-state index in [1.54, 1.807) is 0 Å². The van der Waals surface area contributed by atoms with Gasteiger partial charge in [0.1, 0.15) is 5.82 Å².